The molecule has 6 nitrogen and oxygen atoms in total. The van der Waals surface area contributed by atoms with Crippen LogP contribution in [0.1, 0.15) is 5.69 Å². The zero-order valence-electron chi connectivity index (χ0n) is 12.0. The van der Waals surface area contributed by atoms with Crippen molar-refractivity contribution in [1.82, 2.24) is 9.97 Å². The van der Waals surface area contributed by atoms with Crippen molar-refractivity contribution in [3.05, 3.63) is 66.4 Å². The smallest absolute Gasteiger partial charge is 0.248 e. The van der Waals surface area contributed by atoms with E-state index in [1.807, 2.05) is 67.6 Å². The minimum atomic E-state index is 0.406. The van der Waals surface area contributed by atoms with Gasteiger partial charge in [-0.3, -0.25) is 0 Å². The molecular weight excluding hydrogens is 276 g/mol. The monoisotopic (exact) mass is 290 g/mol. The minimum absolute atomic E-state index is 0.406. The van der Waals surface area contributed by atoms with Crippen LogP contribution in [0.15, 0.2) is 81.1 Å². The van der Waals surface area contributed by atoms with Gasteiger partial charge >= 0.3 is 0 Å². The Morgan fingerprint density at radius 2 is 1.27 bits per heavy atom. The summed E-state index contributed by atoms with van der Waals surface area (Å²) in [4.78, 5) is 7.26. The highest BCUT2D eigenvalue weighted by Gasteiger charge is 2.04. The van der Waals surface area contributed by atoms with E-state index in [0.29, 0.717) is 11.8 Å². The first-order chi connectivity index (χ1) is 10.8. The molecule has 0 aliphatic rings. The topological polar surface area (TPSA) is 78.1 Å². The van der Waals surface area contributed by atoms with Gasteiger partial charge in [0.25, 0.3) is 0 Å². The van der Waals surface area contributed by atoms with Crippen molar-refractivity contribution in [3.63, 3.8) is 0 Å². The van der Waals surface area contributed by atoms with Crippen LogP contribution >= 0.6 is 0 Å². The maximum absolute atomic E-state index is 4.27. The van der Waals surface area contributed by atoms with Gasteiger partial charge in [0.1, 0.15) is 0 Å². The number of benzene rings is 2. The summed E-state index contributed by atoms with van der Waals surface area (Å²) < 4.78 is 0. The summed E-state index contributed by atoms with van der Waals surface area (Å²) in [6.45, 7) is 1.84. The number of azo groups is 2. The Labute approximate surface area is 127 Å². The van der Waals surface area contributed by atoms with Crippen molar-refractivity contribution in [1.29, 1.82) is 0 Å². The van der Waals surface area contributed by atoms with E-state index in [-0.39, 0.29) is 0 Å². The largest absolute Gasteiger partial charge is 0.304 e. The summed E-state index contributed by atoms with van der Waals surface area (Å²) in [6, 6.07) is 19.0. The van der Waals surface area contributed by atoms with E-state index >= 15 is 0 Å². The average Bonchev–Trinajstić information content (AvgIpc) is 2.93. The molecule has 2 aromatic carbocycles. The van der Waals surface area contributed by atoms with E-state index in [9.17, 15) is 0 Å². The maximum atomic E-state index is 4.27. The van der Waals surface area contributed by atoms with Crippen molar-refractivity contribution in [3.8, 4) is 0 Å². The number of aromatic nitrogens is 2. The molecule has 0 aliphatic carbocycles. The van der Waals surface area contributed by atoms with E-state index in [2.05, 4.69) is 30.4 Å². The fraction of sp³-hybridized carbons (Fsp3) is 0.0625. The van der Waals surface area contributed by atoms with Crippen LogP contribution in [0.25, 0.3) is 0 Å². The number of imidazole rings is 1. The highest BCUT2D eigenvalue weighted by molar-refractivity contribution is 5.42. The maximum Gasteiger partial charge on any atom is 0.248 e. The molecule has 0 amide bonds. The molecule has 0 atom stereocenters. The van der Waals surface area contributed by atoms with Gasteiger partial charge in [-0.25, -0.2) is 4.98 Å². The Morgan fingerprint density at radius 1 is 0.727 bits per heavy atom. The number of H-pyrrole nitrogens is 1. The molecule has 0 aliphatic heterocycles. The lowest BCUT2D eigenvalue weighted by Gasteiger charge is -1.90. The van der Waals surface area contributed by atoms with Gasteiger partial charge in [-0.15, -0.1) is 20.5 Å². The number of hydrogen-bond donors (Lipinski definition) is 1. The molecule has 3 aromatic rings. The predicted molar refractivity (Wildman–Crippen MR) is 84.6 cm³/mol. The molecule has 0 fully saturated rings. The highest BCUT2D eigenvalue weighted by Crippen LogP contribution is 2.23. The Balaban J connectivity index is 1.76. The predicted octanol–water partition coefficient (Wildman–Crippen LogP) is 5.55. The normalized spacial score (nSPS) is 11.5. The molecule has 6 heteroatoms. The quantitative estimate of drug-likeness (QED) is 0.628. The second-order valence-electron chi connectivity index (χ2n) is 4.57. The summed E-state index contributed by atoms with van der Waals surface area (Å²) in [5.74, 6) is 0.981. The Hall–Kier alpha value is -3.15. The van der Waals surface area contributed by atoms with E-state index in [0.717, 1.165) is 17.1 Å². The van der Waals surface area contributed by atoms with Crippen molar-refractivity contribution >= 4 is 23.1 Å². The van der Waals surface area contributed by atoms with Gasteiger partial charge in [0, 0.05) is 0 Å². The average molecular weight is 290 g/mol. The molecule has 22 heavy (non-hydrogen) atoms. The molecule has 0 radical (unpaired) electrons. The van der Waals surface area contributed by atoms with E-state index in [1.165, 1.54) is 0 Å². The molecule has 1 aromatic heterocycles. The molecule has 0 saturated carbocycles. The van der Waals surface area contributed by atoms with Crippen LogP contribution in [0.5, 0.6) is 0 Å². The van der Waals surface area contributed by atoms with Gasteiger partial charge in [-0.2, -0.15) is 0 Å². The van der Waals surface area contributed by atoms with Crippen molar-refractivity contribution < 1.29 is 0 Å². The van der Waals surface area contributed by atoms with Crippen LogP contribution in [-0.4, -0.2) is 9.97 Å². The van der Waals surface area contributed by atoms with Gasteiger partial charge < -0.3 is 4.98 Å². The lowest BCUT2D eigenvalue weighted by Crippen LogP contribution is -1.68. The van der Waals surface area contributed by atoms with Crippen molar-refractivity contribution in [2.75, 3.05) is 0 Å². The summed E-state index contributed by atoms with van der Waals surface area (Å²) in [5.41, 5.74) is 2.27. The Bertz CT molecular complexity index is 790. The van der Waals surface area contributed by atoms with E-state index in [1.54, 1.807) is 0 Å². The molecule has 0 spiro atoms. The zero-order chi connectivity index (χ0) is 15.2. The number of nitrogens with zero attached hydrogens (tertiary/aromatic N) is 5. The van der Waals surface area contributed by atoms with Crippen molar-refractivity contribution in [2.45, 2.75) is 6.92 Å². The zero-order valence-corrected chi connectivity index (χ0v) is 12.0. The van der Waals surface area contributed by atoms with Crippen LogP contribution in [0.3, 0.4) is 0 Å². The second kappa shape index (κ2) is 6.53. The van der Waals surface area contributed by atoms with Gasteiger partial charge in [0.2, 0.25) is 5.95 Å². The van der Waals surface area contributed by atoms with Crippen LogP contribution in [0.2, 0.25) is 0 Å². The van der Waals surface area contributed by atoms with E-state index < -0.39 is 0 Å². The third kappa shape index (κ3) is 3.49. The van der Waals surface area contributed by atoms with Crippen molar-refractivity contribution in [2.24, 2.45) is 20.5 Å². The number of aromatic amines is 1. The van der Waals surface area contributed by atoms with Gasteiger partial charge in [0.15, 0.2) is 5.82 Å². The number of nitrogens with one attached hydrogen (secondary N) is 1. The second-order valence-corrected chi connectivity index (χ2v) is 4.57. The number of hydrogen-bond acceptors (Lipinski definition) is 5. The first kappa shape index (κ1) is 13.8. The molecule has 3 rings (SSSR count). The molecule has 0 bridgehead atoms. The third-order valence-electron chi connectivity index (χ3n) is 2.88. The first-order valence-electron chi connectivity index (χ1n) is 6.81. The molecule has 1 heterocycles. The summed E-state index contributed by atoms with van der Waals surface area (Å²) in [7, 11) is 0. The standard InChI is InChI=1S/C16H14N6/c1-12-15(21-19-13-8-4-2-5-9-13)18-16(17-12)22-20-14-10-6-3-7-11-14/h2-11H,1H3,(H,17,18)/b21-19+,22-20+. The minimum Gasteiger partial charge on any atom is -0.304 e. The number of rotatable bonds is 4. The SMILES string of the molecule is Cc1nc(/N=N/c2ccccc2)[nH]c1/N=N/c1ccccc1. The highest BCUT2D eigenvalue weighted by atomic mass is 15.3. The first-order valence-corrected chi connectivity index (χ1v) is 6.81. The van der Waals surface area contributed by atoms with Crippen LogP contribution in [-0.2, 0) is 0 Å². The summed E-state index contributed by atoms with van der Waals surface area (Å²) in [5, 5.41) is 16.5. The van der Waals surface area contributed by atoms with Crippen LogP contribution in [0, 0.1) is 6.92 Å². The molecule has 108 valence electrons. The Morgan fingerprint density at radius 3 is 1.86 bits per heavy atom. The van der Waals surface area contributed by atoms with Gasteiger partial charge in [-0.05, 0) is 31.2 Å². The van der Waals surface area contributed by atoms with Crippen LogP contribution < -0.4 is 0 Å². The fourth-order valence-electron chi connectivity index (χ4n) is 1.78. The molecule has 1 N–H and O–H groups in total. The summed E-state index contributed by atoms with van der Waals surface area (Å²) >= 11 is 0. The van der Waals surface area contributed by atoms with Crippen LogP contribution in [0.4, 0.5) is 23.1 Å². The fourth-order valence-corrected chi connectivity index (χ4v) is 1.78. The van der Waals surface area contributed by atoms with Gasteiger partial charge in [0.05, 0.1) is 17.1 Å². The van der Waals surface area contributed by atoms with Gasteiger partial charge in [-0.1, -0.05) is 36.4 Å². The summed E-state index contributed by atoms with van der Waals surface area (Å²) in [6.07, 6.45) is 0. The molecule has 0 unspecified atom stereocenters. The third-order valence-corrected chi connectivity index (χ3v) is 2.88. The lowest BCUT2D eigenvalue weighted by molar-refractivity contribution is 1.11. The molecular formula is C16H14N6. The lowest BCUT2D eigenvalue weighted by atomic mass is 10.3. The number of aryl methyl sites for hydroxylation is 1. The molecule has 0 saturated heterocycles. The Kier molecular flexibility index (Phi) is 4.10. The van der Waals surface area contributed by atoms with E-state index in [4.69, 9.17) is 0 Å².